The fraction of sp³-hybridized carbons (Fsp3) is 0.256. The largest absolute Gasteiger partial charge is 0.478 e. The monoisotopic (exact) mass is 874 g/mol. The maximum atomic E-state index is 13.6. The lowest BCUT2D eigenvalue weighted by atomic mass is 10.0. The number of nitrogens with one attached hydrogen (secondary N) is 1. The summed E-state index contributed by atoms with van der Waals surface area (Å²) in [6.45, 7) is 5.02. The van der Waals surface area contributed by atoms with Gasteiger partial charge in [-0.15, -0.1) is 23.2 Å². The van der Waals surface area contributed by atoms with Crippen LogP contribution in [0.1, 0.15) is 59.3 Å². The number of anilines is 2. The first-order chi connectivity index (χ1) is 28.5. The second-order valence-electron chi connectivity index (χ2n) is 13.0. The van der Waals surface area contributed by atoms with Crippen molar-refractivity contribution in [1.82, 2.24) is 5.32 Å². The van der Waals surface area contributed by atoms with E-state index >= 15 is 0 Å². The number of benzene rings is 4. The molecule has 60 heavy (non-hydrogen) atoms. The van der Waals surface area contributed by atoms with Crippen molar-refractivity contribution in [3.05, 3.63) is 142 Å². The predicted octanol–water partition coefficient (Wildman–Crippen LogP) is 9.30. The molecule has 2 unspecified atom stereocenters. The van der Waals surface area contributed by atoms with Crippen LogP contribution in [0.25, 0.3) is 12.2 Å². The van der Waals surface area contributed by atoms with Gasteiger partial charge in [-0.2, -0.15) is 0 Å². The fourth-order valence-corrected chi connectivity index (χ4v) is 5.94. The molecule has 2 heterocycles. The zero-order valence-electron chi connectivity index (χ0n) is 33.1. The maximum Gasteiger partial charge on any atom is 0.414 e. The average molecular weight is 876 g/mol. The summed E-state index contributed by atoms with van der Waals surface area (Å²) in [6, 6.07) is 17.4. The number of carboxylic acid groups (broad SMARTS) is 1. The number of nitrogens with two attached hydrogens (primary N) is 1. The van der Waals surface area contributed by atoms with Crippen LogP contribution in [0.15, 0.2) is 84.9 Å². The number of methoxy groups -OCH3 is 2. The molecule has 0 saturated heterocycles. The summed E-state index contributed by atoms with van der Waals surface area (Å²) in [5.74, 6) is -4.44. The molecular weight excluding hydrogens is 831 g/mol. The SMILES string of the molecule is COC(=O)N1CCc2cc(C(C)N)ccc21.COC(=O)N1CCc2cc(C(C)NC(=O)/C=C/c3ccc(F)cc3F)ccc21.ClCCl.O=C(O)/C=C/c1ccc(F)cc1F. The molecule has 0 aliphatic carbocycles. The molecule has 4 aromatic rings. The number of nitrogens with zero attached hydrogens (tertiary/aromatic N) is 2. The van der Waals surface area contributed by atoms with Crippen LogP contribution in [0.4, 0.5) is 38.5 Å². The number of halogens is 6. The Balaban J connectivity index is 0.000000254. The highest BCUT2D eigenvalue weighted by atomic mass is 35.5. The Kier molecular flexibility index (Phi) is 19.1. The van der Waals surface area contributed by atoms with Crippen LogP contribution in [0.2, 0.25) is 0 Å². The van der Waals surface area contributed by atoms with Crippen LogP contribution < -0.4 is 20.9 Å². The van der Waals surface area contributed by atoms with Crippen molar-refractivity contribution in [3.63, 3.8) is 0 Å². The van der Waals surface area contributed by atoms with Crippen LogP contribution in [-0.4, -0.2) is 61.8 Å². The second kappa shape index (κ2) is 23.6. The predicted molar refractivity (Wildman–Crippen MR) is 224 cm³/mol. The number of alkyl halides is 2. The van der Waals surface area contributed by atoms with Gasteiger partial charge in [-0.05, 0) is 97.5 Å². The normalized spacial score (nSPS) is 13.4. The van der Waals surface area contributed by atoms with E-state index in [2.05, 4.69) is 11.4 Å². The topological polar surface area (TPSA) is 152 Å². The summed E-state index contributed by atoms with van der Waals surface area (Å²) >= 11 is 9.53. The van der Waals surface area contributed by atoms with E-state index < -0.39 is 41.2 Å². The van der Waals surface area contributed by atoms with E-state index in [0.717, 1.165) is 64.8 Å². The minimum absolute atomic E-state index is 0.0254. The number of carbonyl (C=O) groups is 4. The summed E-state index contributed by atoms with van der Waals surface area (Å²) in [5, 5.41) is 11.2. The van der Waals surface area contributed by atoms with Crippen molar-refractivity contribution >= 4 is 70.8 Å². The number of aliphatic carboxylic acids is 1. The molecule has 0 bridgehead atoms. The Morgan fingerprint density at radius 2 is 1.17 bits per heavy atom. The molecule has 17 heteroatoms. The van der Waals surface area contributed by atoms with Gasteiger partial charge in [0.1, 0.15) is 23.3 Å². The summed E-state index contributed by atoms with van der Waals surface area (Å²) in [4.78, 5) is 48.7. The fourth-order valence-electron chi connectivity index (χ4n) is 5.94. The number of carbonyl (C=O) groups excluding carboxylic acids is 3. The Morgan fingerprint density at radius 3 is 1.58 bits per heavy atom. The van der Waals surface area contributed by atoms with E-state index in [1.54, 1.807) is 9.80 Å². The third kappa shape index (κ3) is 14.1. The summed E-state index contributed by atoms with van der Waals surface area (Å²) < 4.78 is 61.2. The average Bonchev–Trinajstić information content (AvgIpc) is 3.84. The van der Waals surface area contributed by atoms with Crippen molar-refractivity contribution in [2.75, 3.05) is 42.4 Å². The Morgan fingerprint density at radius 1 is 0.733 bits per heavy atom. The van der Waals surface area contributed by atoms with Gasteiger partial charge in [0.05, 0.1) is 37.0 Å². The summed E-state index contributed by atoms with van der Waals surface area (Å²) in [7, 11) is 2.74. The van der Waals surface area contributed by atoms with Gasteiger partial charge in [-0.1, -0.05) is 24.3 Å². The Bertz CT molecular complexity index is 2210. The van der Waals surface area contributed by atoms with E-state index in [1.165, 1.54) is 44.1 Å². The zero-order valence-corrected chi connectivity index (χ0v) is 34.6. The molecule has 0 radical (unpaired) electrons. The van der Waals surface area contributed by atoms with E-state index in [-0.39, 0.29) is 34.6 Å². The van der Waals surface area contributed by atoms with E-state index in [1.807, 2.05) is 44.2 Å². The lowest BCUT2D eigenvalue weighted by molar-refractivity contribution is -0.131. The molecule has 2 aliphatic heterocycles. The third-order valence-electron chi connectivity index (χ3n) is 8.92. The smallest absolute Gasteiger partial charge is 0.414 e. The first kappa shape index (κ1) is 48.5. The minimum atomic E-state index is -1.18. The molecule has 2 atom stereocenters. The van der Waals surface area contributed by atoms with Gasteiger partial charge < -0.3 is 25.6 Å². The highest BCUT2D eigenvalue weighted by Gasteiger charge is 2.27. The summed E-state index contributed by atoms with van der Waals surface area (Å²) in [6.07, 6.45) is 5.24. The second-order valence-corrected chi connectivity index (χ2v) is 13.8. The molecule has 4 N–H and O–H groups in total. The number of carboxylic acids is 1. The highest BCUT2D eigenvalue weighted by molar-refractivity contribution is 6.40. The van der Waals surface area contributed by atoms with Crippen LogP contribution in [0, 0.1) is 23.3 Å². The number of hydrogen-bond donors (Lipinski definition) is 3. The standard InChI is InChI=1S/C21H20F2N2O3.C12H16N2O2.C9H6F2O2.CH2Cl2/c1-13(24-20(26)8-5-14-3-6-17(22)12-18(14)23)15-4-7-19-16(11-15)9-10-25(19)21(27)28-2;1-8(13)9-3-4-11-10(7-9)5-6-14(11)12(15)16-2;10-7-3-1-6(8(11)5-7)2-4-9(12)13;2-1-3/h3-8,11-13H,9-10H2,1-2H3,(H,24,26);3-4,7-8H,5-6,13H2,1-2H3;1-5H,(H,12,13);1H2/b8-5+;;4-2+;. The van der Waals surface area contributed by atoms with Gasteiger partial charge in [-0.3, -0.25) is 14.6 Å². The molecular formula is C43H44Cl2F4N4O7. The quantitative estimate of drug-likeness (QED) is 0.0945. The van der Waals surface area contributed by atoms with Gasteiger partial charge in [0, 0.05) is 54.5 Å². The zero-order chi connectivity index (χ0) is 44.5. The molecule has 4 aromatic carbocycles. The molecule has 0 spiro atoms. The Hall–Kier alpha value is -5.90. The lowest BCUT2D eigenvalue weighted by Gasteiger charge is -2.17. The number of rotatable bonds is 7. The first-order valence-corrected chi connectivity index (χ1v) is 19.2. The molecule has 0 aromatic heterocycles. The van der Waals surface area contributed by atoms with Gasteiger partial charge in [0.2, 0.25) is 5.91 Å². The highest BCUT2D eigenvalue weighted by Crippen LogP contribution is 2.32. The maximum absolute atomic E-state index is 13.6. The van der Waals surface area contributed by atoms with Crippen LogP contribution in [0.5, 0.6) is 0 Å². The van der Waals surface area contributed by atoms with Gasteiger partial charge in [0.15, 0.2) is 0 Å². The van der Waals surface area contributed by atoms with Crippen molar-refractivity contribution in [2.45, 2.75) is 38.8 Å². The number of hydrogen-bond acceptors (Lipinski definition) is 7. The van der Waals surface area contributed by atoms with E-state index in [4.69, 9.17) is 43.5 Å². The lowest BCUT2D eigenvalue weighted by Crippen LogP contribution is -2.28. The number of ether oxygens (including phenoxy) is 2. The number of fused-ring (bicyclic) bond motifs is 2. The van der Waals surface area contributed by atoms with Crippen molar-refractivity contribution in [2.24, 2.45) is 5.73 Å². The van der Waals surface area contributed by atoms with Gasteiger partial charge in [0.25, 0.3) is 0 Å². The van der Waals surface area contributed by atoms with E-state index in [0.29, 0.717) is 25.6 Å². The molecule has 320 valence electrons. The summed E-state index contributed by atoms with van der Waals surface area (Å²) in [5.41, 5.74) is 11.9. The van der Waals surface area contributed by atoms with Crippen molar-refractivity contribution < 1.29 is 51.3 Å². The molecule has 2 aliphatic rings. The van der Waals surface area contributed by atoms with Crippen LogP contribution in [0.3, 0.4) is 0 Å². The van der Waals surface area contributed by atoms with Crippen molar-refractivity contribution in [3.8, 4) is 0 Å². The molecule has 0 fully saturated rings. The van der Waals surface area contributed by atoms with Crippen molar-refractivity contribution in [1.29, 1.82) is 0 Å². The molecule has 3 amide bonds. The molecule has 11 nitrogen and oxygen atoms in total. The van der Waals surface area contributed by atoms with Crippen LogP contribution >= 0.6 is 23.2 Å². The van der Waals surface area contributed by atoms with E-state index in [9.17, 15) is 36.7 Å². The first-order valence-electron chi connectivity index (χ1n) is 18.2. The van der Waals surface area contributed by atoms with Crippen LogP contribution in [-0.2, 0) is 31.9 Å². The van der Waals surface area contributed by atoms with Gasteiger partial charge in [-0.25, -0.2) is 31.9 Å². The minimum Gasteiger partial charge on any atom is -0.478 e. The Labute approximate surface area is 355 Å². The third-order valence-corrected chi connectivity index (χ3v) is 8.92. The number of amides is 3. The molecule has 6 rings (SSSR count). The molecule has 0 saturated carbocycles. The van der Waals surface area contributed by atoms with Gasteiger partial charge >= 0.3 is 18.2 Å².